The van der Waals surface area contributed by atoms with Crippen molar-refractivity contribution >= 4 is 28.8 Å². The Hall–Kier alpha value is -3.84. The summed E-state index contributed by atoms with van der Waals surface area (Å²) in [7, 11) is 0. The molecule has 1 aliphatic heterocycles. The summed E-state index contributed by atoms with van der Waals surface area (Å²) in [6.07, 6.45) is 3.77. The molecule has 1 saturated heterocycles. The fourth-order valence-corrected chi connectivity index (χ4v) is 4.75. The lowest BCUT2D eigenvalue weighted by atomic mass is 10.1. The van der Waals surface area contributed by atoms with Gasteiger partial charge in [-0.1, -0.05) is 42.5 Å². The van der Waals surface area contributed by atoms with Crippen LogP contribution >= 0.6 is 11.3 Å². The Balaban J connectivity index is 1.25. The summed E-state index contributed by atoms with van der Waals surface area (Å²) in [5, 5.41) is 5.88. The minimum Gasteiger partial charge on any atom is -0.338 e. The minimum absolute atomic E-state index is 0.0122. The fourth-order valence-electron chi connectivity index (χ4n) is 3.93. The number of anilines is 1. The van der Waals surface area contributed by atoms with E-state index in [2.05, 4.69) is 10.3 Å². The third-order valence-corrected chi connectivity index (χ3v) is 6.53. The van der Waals surface area contributed by atoms with Crippen LogP contribution in [-0.4, -0.2) is 33.2 Å². The Morgan fingerprint density at radius 2 is 1.91 bits per heavy atom. The molecule has 2 aromatic carbocycles. The number of amides is 2. The van der Waals surface area contributed by atoms with Crippen LogP contribution in [0.3, 0.4) is 0 Å². The first kappa shape index (κ1) is 21.0. The van der Waals surface area contributed by atoms with Crippen LogP contribution in [0.25, 0.3) is 21.8 Å². The number of nitrogens with one attached hydrogen (secondary N) is 1. The molecule has 0 saturated carbocycles. The van der Waals surface area contributed by atoms with E-state index < -0.39 is 0 Å². The first-order valence-corrected chi connectivity index (χ1v) is 11.6. The summed E-state index contributed by atoms with van der Waals surface area (Å²) in [6.45, 7) is 0.960. The molecule has 33 heavy (non-hydrogen) atoms. The van der Waals surface area contributed by atoms with Crippen molar-refractivity contribution in [1.82, 2.24) is 14.9 Å². The Bertz CT molecular complexity index is 1270. The molecule has 7 heteroatoms. The second-order valence-electron chi connectivity index (χ2n) is 8.01. The van der Waals surface area contributed by atoms with Crippen LogP contribution in [0, 0.1) is 5.92 Å². The molecule has 1 aliphatic rings. The highest BCUT2D eigenvalue weighted by molar-refractivity contribution is 7.13. The van der Waals surface area contributed by atoms with Gasteiger partial charge in [0.1, 0.15) is 5.01 Å². The predicted octanol–water partition coefficient (Wildman–Crippen LogP) is 4.86. The summed E-state index contributed by atoms with van der Waals surface area (Å²) in [6, 6.07) is 21.3. The Kier molecular flexibility index (Phi) is 5.95. The van der Waals surface area contributed by atoms with E-state index in [0.717, 1.165) is 27.4 Å². The predicted molar refractivity (Wildman–Crippen MR) is 129 cm³/mol. The van der Waals surface area contributed by atoms with E-state index in [1.807, 2.05) is 72.1 Å². The molecular formula is C26H22N4O2S. The van der Waals surface area contributed by atoms with Crippen molar-refractivity contribution < 1.29 is 9.59 Å². The zero-order chi connectivity index (χ0) is 22.6. The first-order chi connectivity index (χ1) is 16.2. The van der Waals surface area contributed by atoms with Gasteiger partial charge in [-0.2, -0.15) is 0 Å². The van der Waals surface area contributed by atoms with Crippen molar-refractivity contribution in [2.45, 2.75) is 13.0 Å². The molecule has 0 aliphatic carbocycles. The first-order valence-electron chi connectivity index (χ1n) is 10.7. The van der Waals surface area contributed by atoms with Gasteiger partial charge in [-0.15, -0.1) is 11.3 Å². The van der Waals surface area contributed by atoms with Gasteiger partial charge in [0.05, 0.1) is 11.6 Å². The number of benzene rings is 2. The molecule has 1 N–H and O–H groups in total. The standard InChI is InChI=1S/C26H22N4O2S/c31-24-13-21(16-30(24)15-18-6-2-1-3-7-18)25(32)28-22-10-4-8-19(12-22)23-17-33-26(29-23)20-9-5-11-27-14-20/h1-12,14,17,21H,13,15-16H2,(H,28,32). The number of pyridine rings is 1. The molecular weight excluding hydrogens is 432 g/mol. The van der Waals surface area contributed by atoms with E-state index in [1.54, 1.807) is 28.6 Å². The van der Waals surface area contributed by atoms with Gasteiger partial charge in [0, 0.05) is 54.1 Å². The fraction of sp³-hybridized carbons (Fsp3) is 0.154. The number of likely N-dealkylation sites (tertiary alicyclic amines) is 1. The third-order valence-electron chi connectivity index (χ3n) is 5.64. The lowest BCUT2D eigenvalue weighted by Crippen LogP contribution is -2.28. The largest absolute Gasteiger partial charge is 0.338 e. The lowest BCUT2D eigenvalue weighted by Gasteiger charge is -2.16. The van der Waals surface area contributed by atoms with Crippen LogP contribution in [0.2, 0.25) is 0 Å². The molecule has 164 valence electrons. The zero-order valence-corrected chi connectivity index (χ0v) is 18.7. The number of hydrogen-bond acceptors (Lipinski definition) is 5. The summed E-state index contributed by atoms with van der Waals surface area (Å²) in [5.41, 5.74) is 4.51. The maximum Gasteiger partial charge on any atom is 0.229 e. The van der Waals surface area contributed by atoms with Crippen LogP contribution < -0.4 is 5.32 Å². The number of rotatable bonds is 6. The van der Waals surface area contributed by atoms with Crippen LogP contribution in [0.4, 0.5) is 5.69 Å². The quantitative estimate of drug-likeness (QED) is 0.452. The summed E-state index contributed by atoms with van der Waals surface area (Å²) in [4.78, 5) is 36.0. The third kappa shape index (κ3) is 4.83. The normalized spacial score (nSPS) is 15.6. The van der Waals surface area contributed by atoms with Gasteiger partial charge in [-0.3, -0.25) is 14.6 Å². The highest BCUT2D eigenvalue weighted by Gasteiger charge is 2.34. The van der Waals surface area contributed by atoms with Gasteiger partial charge in [0.15, 0.2) is 0 Å². The average molecular weight is 455 g/mol. The maximum absolute atomic E-state index is 12.9. The lowest BCUT2D eigenvalue weighted by molar-refractivity contribution is -0.128. The van der Waals surface area contributed by atoms with E-state index in [9.17, 15) is 9.59 Å². The number of carbonyl (C=O) groups is 2. The molecule has 1 atom stereocenters. The topological polar surface area (TPSA) is 75.2 Å². The SMILES string of the molecule is O=C(Nc1cccc(-c2csc(-c3cccnc3)n2)c1)C1CC(=O)N(Cc2ccccc2)C1. The molecule has 4 aromatic rings. The Labute approximate surface area is 195 Å². The van der Waals surface area contributed by atoms with Crippen molar-refractivity contribution in [2.75, 3.05) is 11.9 Å². The molecule has 1 fully saturated rings. The summed E-state index contributed by atoms with van der Waals surface area (Å²) in [5.74, 6) is -0.482. The maximum atomic E-state index is 12.9. The highest BCUT2D eigenvalue weighted by atomic mass is 32.1. The van der Waals surface area contributed by atoms with Gasteiger partial charge in [-0.25, -0.2) is 4.98 Å². The monoisotopic (exact) mass is 454 g/mol. The number of carbonyl (C=O) groups excluding carboxylic acids is 2. The van der Waals surface area contributed by atoms with Crippen LogP contribution in [0.5, 0.6) is 0 Å². The molecule has 1 unspecified atom stereocenters. The Morgan fingerprint density at radius 1 is 1.06 bits per heavy atom. The van der Waals surface area contributed by atoms with Crippen molar-refractivity contribution in [3.63, 3.8) is 0 Å². The highest BCUT2D eigenvalue weighted by Crippen LogP contribution is 2.30. The van der Waals surface area contributed by atoms with E-state index in [1.165, 1.54) is 0 Å². The van der Waals surface area contributed by atoms with Crippen LogP contribution in [0.1, 0.15) is 12.0 Å². The van der Waals surface area contributed by atoms with Crippen LogP contribution in [-0.2, 0) is 16.1 Å². The average Bonchev–Trinajstić information content (AvgIpc) is 3.48. The van der Waals surface area contributed by atoms with Gasteiger partial charge in [0.2, 0.25) is 11.8 Å². The van der Waals surface area contributed by atoms with E-state index in [4.69, 9.17) is 4.98 Å². The molecule has 2 aromatic heterocycles. The van der Waals surface area contributed by atoms with Crippen molar-refractivity contribution in [1.29, 1.82) is 0 Å². The van der Waals surface area contributed by atoms with Gasteiger partial charge in [0.25, 0.3) is 0 Å². The second kappa shape index (κ2) is 9.34. The van der Waals surface area contributed by atoms with E-state index in [-0.39, 0.29) is 24.2 Å². The molecule has 0 radical (unpaired) electrons. The summed E-state index contributed by atoms with van der Waals surface area (Å²) < 4.78 is 0. The van der Waals surface area contributed by atoms with Crippen molar-refractivity contribution in [2.24, 2.45) is 5.92 Å². The number of aromatic nitrogens is 2. The molecule has 2 amide bonds. The minimum atomic E-state index is -0.360. The second-order valence-corrected chi connectivity index (χ2v) is 8.87. The van der Waals surface area contributed by atoms with E-state index >= 15 is 0 Å². The molecule has 5 rings (SSSR count). The number of nitrogens with zero attached hydrogens (tertiary/aromatic N) is 3. The van der Waals surface area contributed by atoms with Crippen molar-refractivity contribution in [3.05, 3.63) is 90.1 Å². The number of thiazole rings is 1. The molecule has 6 nitrogen and oxygen atoms in total. The van der Waals surface area contributed by atoms with Crippen LogP contribution in [0.15, 0.2) is 84.5 Å². The summed E-state index contributed by atoms with van der Waals surface area (Å²) >= 11 is 1.56. The van der Waals surface area contributed by atoms with Gasteiger partial charge in [-0.05, 0) is 29.8 Å². The zero-order valence-electron chi connectivity index (χ0n) is 17.8. The van der Waals surface area contributed by atoms with E-state index in [0.29, 0.717) is 18.8 Å². The Morgan fingerprint density at radius 3 is 2.73 bits per heavy atom. The van der Waals surface area contributed by atoms with Crippen molar-refractivity contribution in [3.8, 4) is 21.8 Å². The van der Waals surface area contributed by atoms with Gasteiger partial charge >= 0.3 is 0 Å². The van der Waals surface area contributed by atoms with Gasteiger partial charge < -0.3 is 10.2 Å². The molecule has 3 heterocycles. The molecule has 0 bridgehead atoms. The smallest absolute Gasteiger partial charge is 0.229 e. The molecule has 0 spiro atoms. The number of hydrogen-bond donors (Lipinski definition) is 1.